The third kappa shape index (κ3) is 3.04. The van der Waals surface area contributed by atoms with E-state index in [2.05, 4.69) is 12.1 Å². The molecule has 0 spiro atoms. The molecule has 0 saturated heterocycles. The second kappa shape index (κ2) is 4.53. The van der Waals surface area contributed by atoms with Crippen LogP contribution in [-0.2, 0) is 0 Å². The van der Waals surface area contributed by atoms with Crippen LogP contribution in [-0.4, -0.2) is 21.6 Å². The summed E-state index contributed by atoms with van der Waals surface area (Å²) in [4.78, 5) is 0.213. The molecule has 1 unspecified atom stereocenters. The molecule has 0 N–H and O–H groups in total. The molecule has 0 aliphatic heterocycles. The SMILES string of the molecule is CC(CF)[Se]c1ccccc1. The molecule has 0 heterocycles. The third-order valence-corrected chi connectivity index (χ3v) is 3.55. The van der Waals surface area contributed by atoms with E-state index in [1.807, 2.05) is 25.1 Å². The summed E-state index contributed by atoms with van der Waals surface area (Å²) in [6.45, 7) is 1.75. The summed E-state index contributed by atoms with van der Waals surface area (Å²) < 4.78 is 13.4. The number of hydrogen-bond donors (Lipinski definition) is 0. The van der Waals surface area contributed by atoms with E-state index in [9.17, 15) is 4.39 Å². The van der Waals surface area contributed by atoms with Gasteiger partial charge in [0.15, 0.2) is 0 Å². The summed E-state index contributed by atoms with van der Waals surface area (Å²) in [5.41, 5.74) is 0. The van der Waals surface area contributed by atoms with Gasteiger partial charge in [-0.15, -0.1) is 0 Å². The molecule has 0 fully saturated rings. The molecule has 1 rings (SSSR count). The minimum absolute atomic E-state index is 0.200. The van der Waals surface area contributed by atoms with Gasteiger partial charge in [-0.25, -0.2) is 0 Å². The second-order valence-corrected chi connectivity index (χ2v) is 5.57. The van der Waals surface area contributed by atoms with Crippen molar-refractivity contribution < 1.29 is 4.39 Å². The Morgan fingerprint density at radius 2 is 2.00 bits per heavy atom. The van der Waals surface area contributed by atoms with E-state index in [0.717, 1.165) is 0 Å². The van der Waals surface area contributed by atoms with Crippen molar-refractivity contribution in [3.8, 4) is 0 Å². The van der Waals surface area contributed by atoms with Gasteiger partial charge in [0.1, 0.15) is 0 Å². The molecule has 0 aliphatic carbocycles. The van der Waals surface area contributed by atoms with Crippen LogP contribution in [0.15, 0.2) is 30.3 Å². The van der Waals surface area contributed by atoms with Crippen LogP contribution in [0.25, 0.3) is 0 Å². The molecule has 11 heavy (non-hydrogen) atoms. The molecule has 0 nitrogen and oxygen atoms in total. The fourth-order valence-electron chi connectivity index (χ4n) is 0.763. The van der Waals surface area contributed by atoms with Crippen molar-refractivity contribution in [1.29, 1.82) is 0 Å². The quantitative estimate of drug-likeness (QED) is 0.677. The van der Waals surface area contributed by atoms with Gasteiger partial charge in [0.25, 0.3) is 0 Å². The number of alkyl halides is 1. The number of benzene rings is 1. The van der Waals surface area contributed by atoms with Crippen molar-refractivity contribution in [3.05, 3.63) is 30.3 Å². The zero-order valence-electron chi connectivity index (χ0n) is 6.46. The molecule has 0 radical (unpaired) electrons. The van der Waals surface area contributed by atoms with E-state index in [-0.39, 0.29) is 11.5 Å². The van der Waals surface area contributed by atoms with Crippen LogP contribution in [0.3, 0.4) is 0 Å². The average molecular weight is 217 g/mol. The Morgan fingerprint density at radius 3 is 2.55 bits per heavy atom. The molecule has 0 saturated carbocycles. The molecule has 0 bridgehead atoms. The van der Waals surface area contributed by atoms with Gasteiger partial charge in [0.2, 0.25) is 0 Å². The molecule has 0 aromatic heterocycles. The third-order valence-electron chi connectivity index (χ3n) is 1.30. The van der Waals surface area contributed by atoms with Gasteiger partial charge in [-0.05, 0) is 0 Å². The summed E-state index contributed by atoms with van der Waals surface area (Å²) in [5, 5.41) is 0. The van der Waals surface area contributed by atoms with Crippen LogP contribution in [0, 0.1) is 0 Å². The first-order valence-electron chi connectivity index (χ1n) is 3.60. The summed E-state index contributed by atoms with van der Waals surface area (Å²) >= 11 is 0.302. The maximum absolute atomic E-state index is 12.1. The van der Waals surface area contributed by atoms with Crippen molar-refractivity contribution >= 4 is 19.4 Å². The van der Waals surface area contributed by atoms with Gasteiger partial charge in [-0.2, -0.15) is 0 Å². The Morgan fingerprint density at radius 1 is 1.36 bits per heavy atom. The van der Waals surface area contributed by atoms with Gasteiger partial charge in [-0.3, -0.25) is 0 Å². The predicted octanol–water partition coefficient (Wildman–Crippen LogP) is 1.79. The summed E-state index contributed by atoms with van der Waals surface area (Å²) in [7, 11) is 0. The minimum atomic E-state index is -0.200. The Hall–Kier alpha value is -0.331. The van der Waals surface area contributed by atoms with Gasteiger partial charge < -0.3 is 0 Å². The van der Waals surface area contributed by atoms with E-state index in [0.29, 0.717) is 15.0 Å². The Bertz CT molecular complexity index is 198. The van der Waals surface area contributed by atoms with E-state index in [4.69, 9.17) is 0 Å². The van der Waals surface area contributed by atoms with E-state index >= 15 is 0 Å². The topological polar surface area (TPSA) is 0 Å². The van der Waals surface area contributed by atoms with Crippen molar-refractivity contribution in [2.75, 3.05) is 6.67 Å². The van der Waals surface area contributed by atoms with E-state index in [1.165, 1.54) is 4.46 Å². The van der Waals surface area contributed by atoms with Crippen molar-refractivity contribution in [3.63, 3.8) is 0 Å². The van der Waals surface area contributed by atoms with Crippen molar-refractivity contribution in [2.24, 2.45) is 0 Å². The fourth-order valence-corrected chi connectivity index (χ4v) is 2.53. The molecule has 0 amide bonds. The summed E-state index contributed by atoms with van der Waals surface area (Å²) in [5.74, 6) is 0. The van der Waals surface area contributed by atoms with E-state index in [1.54, 1.807) is 0 Å². The Kier molecular flexibility index (Phi) is 3.61. The number of rotatable bonds is 3. The first-order chi connectivity index (χ1) is 5.33. The standard InChI is InChI=1S/C9H11FSe/c1-8(7-10)11-9-5-3-2-4-6-9/h2-6,8H,7H2,1H3. The van der Waals surface area contributed by atoms with Gasteiger partial charge >= 0.3 is 72.6 Å². The van der Waals surface area contributed by atoms with Gasteiger partial charge in [-0.1, -0.05) is 0 Å². The van der Waals surface area contributed by atoms with Crippen LogP contribution in [0.5, 0.6) is 0 Å². The van der Waals surface area contributed by atoms with Crippen LogP contribution in [0.2, 0.25) is 4.82 Å². The van der Waals surface area contributed by atoms with Crippen LogP contribution in [0.1, 0.15) is 6.92 Å². The van der Waals surface area contributed by atoms with Crippen LogP contribution >= 0.6 is 0 Å². The molecule has 60 valence electrons. The Balaban J connectivity index is 2.51. The first-order valence-corrected chi connectivity index (χ1v) is 5.45. The Labute approximate surface area is 73.0 Å². The molecule has 0 aliphatic rings. The zero-order valence-corrected chi connectivity index (χ0v) is 8.17. The molecule has 2 heteroatoms. The van der Waals surface area contributed by atoms with Gasteiger partial charge in [0, 0.05) is 0 Å². The van der Waals surface area contributed by atoms with Crippen LogP contribution in [0.4, 0.5) is 4.39 Å². The fraction of sp³-hybridized carbons (Fsp3) is 0.333. The zero-order chi connectivity index (χ0) is 8.10. The summed E-state index contributed by atoms with van der Waals surface area (Å²) in [6.07, 6.45) is 0. The molecular weight excluding hydrogens is 206 g/mol. The first kappa shape index (κ1) is 8.76. The molecule has 1 aromatic carbocycles. The maximum atomic E-state index is 12.1. The normalized spacial score (nSPS) is 12.9. The monoisotopic (exact) mass is 218 g/mol. The average Bonchev–Trinajstić information content (AvgIpc) is 2.06. The second-order valence-electron chi connectivity index (χ2n) is 2.40. The number of hydrogen-bond acceptors (Lipinski definition) is 0. The van der Waals surface area contributed by atoms with E-state index < -0.39 is 0 Å². The molecule has 1 aromatic rings. The molecular formula is C9H11FSe. The number of halogens is 1. The molecule has 1 atom stereocenters. The predicted molar refractivity (Wildman–Crippen MR) is 47.2 cm³/mol. The summed E-state index contributed by atoms with van der Waals surface area (Å²) in [6, 6.07) is 10.1. The van der Waals surface area contributed by atoms with Gasteiger partial charge in [0.05, 0.1) is 0 Å². The van der Waals surface area contributed by atoms with Crippen molar-refractivity contribution in [1.82, 2.24) is 0 Å². The van der Waals surface area contributed by atoms with Crippen molar-refractivity contribution in [2.45, 2.75) is 11.7 Å². The van der Waals surface area contributed by atoms with Crippen LogP contribution < -0.4 is 4.46 Å².